The van der Waals surface area contributed by atoms with Gasteiger partial charge in [-0.05, 0) is 0 Å². The Hall–Kier alpha value is 0.220. The molecule has 0 amide bonds. The molecule has 1 saturated heterocycles. The van der Waals surface area contributed by atoms with Crippen molar-refractivity contribution in [1.29, 1.82) is 0 Å². The first-order chi connectivity index (χ1) is 8.42. The van der Waals surface area contributed by atoms with Gasteiger partial charge in [0.2, 0.25) is 0 Å². The SMILES string of the molecule is c1c(CNC2CSCCSC2)nc2n1CCS2. The van der Waals surface area contributed by atoms with Gasteiger partial charge in [-0.25, -0.2) is 4.98 Å². The van der Waals surface area contributed by atoms with Gasteiger partial charge in [0, 0.05) is 54.1 Å². The smallest absolute Gasteiger partial charge is 0.168 e. The molecule has 3 nitrogen and oxygen atoms in total. The molecule has 6 heteroatoms. The molecule has 3 rings (SSSR count). The van der Waals surface area contributed by atoms with Crippen molar-refractivity contribution in [2.45, 2.75) is 24.3 Å². The first-order valence-corrected chi connectivity index (χ1v) is 9.29. The Morgan fingerprint density at radius 1 is 1.29 bits per heavy atom. The van der Waals surface area contributed by atoms with E-state index < -0.39 is 0 Å². The Morgan fingerprint density at radius 3 is 2.88 bits per heavy atom. The largest absolute Gasteiger partial charge is 0.325 e. The van der Waals surface area contributed by atoms with Gasteiger partial charge >= 0.3 is 0 Å². The van der Waals surface area contributed by atoms with E-state index in [1.807, 2.05) is 11.8 Å². The average Bonchev–Trinajstić information content (AvgIpc) is 2.79. The topological polar surface area (TPSA) is 29.9 Å². The fourth-order valence-corrected chi connectivity index (χ4v) is 5.46. The molecule has 0 spiro atoms. The summed E-state index contributed by atoms with van der Waals surface area (Å²) < 4.78 is 2.28. The second kappa shape index (κ2) is 5.91. The first-order valence-electron chi connectivity index (χ1n) is 5.99. The van der Waals surface area contributed by atoms with E-state index in [1.165, 1.54) is 39.6 Å². The summed E-state index contributed by atoms with van der Waals surface area (Å²) in [6, 6.07) is 0.650. The second-order valence-corrected chi connectivity index (χ2v) is 7.65. The molecular weight excluding hydrogens is 270 g/mol. The van der Waals surface area contributed by atoms with Crippen molar-refractivity contribution in [3.8, 4) is 0 Å². The molecule has 0 aliphatic carbocycles. The van der Waals surface area contributed by atoms with Crippen LogP contribution in [0.2, 0.25) is 0 Å². The van der Waals surface area contributed by atoms with Gasteiger partial charge in [0.15, 0.2) is 5.16 Å². The van der Waals surface area contributed by atoms with Crippen molar-refractivity contribution in [3.05, 3.63) is 11.9 Å². The molecular formula is C11H17N3S3. The van der Waals surface area contributed by atoms with Gasteiger partial charge in [-0.3, -0.25) is 0 Å². The highest BCUT2D eigenvalue weighted by atomic mass is 32.2. The van der Waals surface area contributed by atoms with Crippen molar-refractivity contribution in [2.24, 2.45) is 0 Å². The van der Waals surface area contributed by atoms with Crippen molar-refractivity contribution in [2.75, 3.05) is 28.8 Å². The zero-order valence-corrected chi connectivity index (χ0v) is 12.2. The molecule has 2 aliphatic heterocycles. The van der Waals surface area contributed by atoms with Crippen LogP contribution in [0.3, 0.4) is 0 Å². The summed E-state index contributed by atoms with van der Waals surface area (Å²) in [5.74, 6) is 6.28. The molecule has 1 aromatic rings. The highest BCUT2D eigenvalue weighted by Gasteiger charge is 2.16. The van der Waals surface area contributed by atoms with Crippen LogP contribution in [0.25, 0.3) is 0 Å². The van der Waals surface area contributed by atoms with Crippen LogP contribution in [0.5, 0.6) is 0 Å². The molecule has 3 heterocycles. The number of rotatable bonds is 3. The summed E-state index contributed by atoms with van der Waals surface area (Å²) in [5, 5.41) is 4.84. The highest BCUT2D eigenvalue weighted by molar-refractivity contribution is 8.03. The fourth-order valence-electron chi connectivity index (χ4n) is 2.03. The summed E-state index contributed by atoms with van der Waals surface area (Å²) >= 11 is 6.01. The van der Waals surface area contributed by atoms with Crippen LogP contribution >= 0.6 is 35.3 Å². The Bertz CT molecular complexity index is 351. The van der Waals surface area contributed by atoms with E-state index >= 15 is 0 Å². The number of fused-ring (bicyclic) bond motifs is 1. The Kier molecular flexibility index (Phi) is 4.26. The fraction of sp³-hybridized carbons (Fsp3) is 0.727. The third-order valence-corrected chi connectivity index (χ3v) is 6.43. The average molecular weight is 287 g/mol. The Morgan fingerprint density at radius 2 is 2.12 bits per heavy atom. The van der Waals surface area contributed by atoms with Crippen LogP contribution in [-0.2, 0) is 13.1 Å². The van der Waals surface area contributed by atoms with Gasteiger partial charge in [0.05, 0.1) is 5.69 Å². The molecule has 0 radical (unpaired) electrons. The van der Waals surface area contributed by atoms with Crippen LogP contribution < -0.4 is 5.32 Å². The number of aromatic nitrogens is 2. The number of hydrogen-bond acceptors (Lipinski definition) is 5. The number of nitrogens with zero attached hydrogens (tertiary/aromatic N) is 2. The number of hydrogen-bond donors (Lipinski definition) is 1. The van der Waals surface area contributed by atoms with E-state index in [9.17, 15) is 0 Å². The lowest BCUT2D eigenvalue weighted by Crippen LogP contribution is -2.32. The van der Waals surface area contributed by atoms with Crippen molar-refractivity contribution in [3.63, 3.8) is 0 Å². The zero-order chi connectivity index (χ0) is 11.5. The summed E-state index contributed by atoms with van der Waals surface area (Å²) in [6.45, 7) is 2.05. The van der Waals surface area contributed by atoms with E-state index in [2.05, 4.69) is 44.6 Å². The third kappa shape index (κ3) is 3.16. The molecule has 1 N–H and O–H groups in total. The zero-order valence-electron chi connectivity index (χ0n) is 9.72. The quantitative estimate of drug-likeness (QED) is 0.918. The van der Waals surface area contributed by atoms with E-state index in [4.69, 9.17) is 0 Å². The molecule has 94 valence electrons. The minimum absolute atomic E-state index is 0.650. The van der Waals surface area contributed by atoms with Gasteiger partial charge in [0.25, 0.3) is 0 Å². The van der Waals surface area contributed by atoms with Gasteiger partial charge in [-0.1, -0.05) is 11.8 Å². The predicted octanol–water partition coefficient (Wildman–Crippen LogP) is 1.93. The number of thioether (sulfide) groups is 3. The van der Waals surface area contributed by atoms with E-state index in [-0.39, 0.29) is 0 Å². The number of nitrogens with one attached hydrogen (secondary N) is 1. The van der Waals surface area contributed by atoms with Crippen LogP contribution in [0.15, 0.2) is 11.4 Å². The van der Waals surface area contributed by atoms with E-state index in [1.54, 1.807) is 0 Å². The predicted molar refractivity (Wildman–Crippen MR) is 78.2 cm³/mol. The normalized spacial score (nSPS) is 21.4. The lowest BCUT2D eigenvalue weighted by molar-refractivity contribution is 0.596. The maximum absolute atomic E-state index is 4.65. The minimum atomic E-state index is 0.650. The number of imidazole rings is 1. The summed E-state index contributed by atoms with van der Waals surface area (Å²) in [6.07, 6.45) is 2.21. The molecule has 1 fully saturated rings. The van der Waals surface area contributed by atoms with Crippen LogP contribution in [0, 0.1) is 0 Å². The molecule has 17 heavy (non-hydrogen) atoms. The van der Waals surface area contributed by atoms with Gasteiger partial charge in [-0.15, -0.1) is 0 Å². The van der Waals surface area contributed by atoms with Crippen LogP contribution in [-0.4, -0.2) is 44.4 Å². The second-order valence-electron chi connectivity index (χ2n) is 4.28. The maximum atomic E-state index is 4.65. The lowest BCUT2D eigenvalue weighted by atomic mass is 10.3. The highest BCUT2D eigenvalue weighted by Crippen LogP contribution is 2.24. The molecule has 2 aliphatic rings. The monoisotopic (exact) mass is 287 g/mol. The summed E-state index contributed by atoms with van der Waals surface area (Å²) in [7, 11) is 0. The van der Waals surface area contributed by atoms with Gasteiger partial charge in [0.1, 0.15) is 0 Å². The molecule has 0 unspecified atom stereocenters. The molecule has 1 aromatic heterocycles. The van der Waals surface area contributed by atoms with E-state index in [0.29, 0.717) is 6.04 Å². The summed E-state index contributed by atoms with van der Waals surface area (Å²) in [4.78, 5) is 4.65. The molecule has 0 atom stereocenters. The molecule has 0 saturated carbocycles. The lowest BCUT2D eigenvalue weighted by Gasteiger charge is -2.14. The van der Waals surface area contributed by atoms with E-state index in [0.717, 1.165) is 13.1 Å². The number of aryl methyl sites for hydroxylation is 1. The maximum Gasteiger partial charge on any atom is 0.168 e. The van der Waals surface area contributed by atoms with Crippen LogP contribution in [0.4, 0.5) is 0 Å². The Balaban J connectivity index is 1.52. The first kappa shape index (κ1) is 12.3. The molecule has 0 aromatic carbocycles. The van der Waals surface area contributed by atoms with Crippen molar-refractivity contribution in [1.82, 2.24) is 14.9 Å². The minimum Gasteiger partial charge on any atom is -0.325 e. The standard InChI is InChI=1S/C11H17N3S3/c1-2-17-11-13-9(6-14(1)11)5-12-10-7-15-3-4-16-8-10/h6,10,12H,1-5,7-8H2. The van der Waals surface area contributed by atoms with Crippen LogP contribution in [0.1, 0.15) is 5.69 Å². The summed E-state index contributed by atoms with van der Waals surface area (Å²) in [5.41, 5.74) is 1.20. The Labute approximate surface area is 115 Å². The third-order valence-electron chi connectivity index (χ3n) is 2.94. The van der Waals surface area contributed by atoms with Gasteiger partial charge < -0.3 is 9.88 Å². The molecule has 0 bridgehead atoms. The van der Waals surface area contributed by atoms with Crippen molar-refractivity contribution >= 4 is 35.3 Å². The van der Waals surface area contributed by atoms with Crippen molar-refractivity contribution < 1.29 is 0 Å². The van der Waals surface area contributed by atoms with Gasteiger partial charge in [-0.2, -0.15) is 23.5 Å².